The highest BCUT2D eigenvalue weighted by Gasteiger charge is 2.24. The van der Waals surface area contributed by atoms with Crippen LogP contribution in [0.25, 0.3) is 0 Å². The number of nitrogens with two attached hydrogens (primary N) is 1. The second kappa shape index (κ2) is 6.23. The molecule has 4 N–H and O–H groups in total. The van der Waals surface area contributed by atoms with Crippen LogP contribution < -0.4 is 16.4 Å². The fraction of sp³-hybridized carbons (Fsp3) is 0.692. The van der Waals surface area contributed by atoms with Crippen LogP contribution in [0, 0.1) is 5.92 Å². The van der Waals surface area contributed by atoms with E-state index in [2.05, 4.69) is 29.5 Å². The van der Waals surface area contributed by atoms with Crippen LogP contribution >= 0.6 is 11.3 Å². The van der Waals surface area contributed by atoms with Crippen LogP contribution in [0.3, 0.4) is 0 Å². The monoisotopic (exact) mass is 282 g/mol. The summed E-state index contributed by atoms with van der Waals surface area (Å²) in [6.45, 7) is 4.98. The normalized spacial score (nSPS) is 14.7. The van der Waals surface area contributed by atoms with E-state index in [0.29, 0.717) is 29.2 Å². The van der Waals surface area contributed by atoms with E-state index >= 15 is 0 Å². The summed E-state index contributed by atoms with van der Waals surface area (Å²) in [6, 6.07) is 0.519. The zero-order chi connectivity index (χ0) is 13.8. The highest BCUT2D eigenvalue weighted by molar-refractivity contribution is 7.18. The first kappa shape index (κ1) is 14.1. The Kier molecular flexibility index (Phi) is 4.63. The number of rotatable bonds is 7. The van der Waals surface area contributed by atoms with E-state index in [9.17, 15) is 4.79 Å². The zero-order valence-electron chi connectivity index (χ0n) is 11.5. The number of nitrogens with one attached hydrogen (secondary N) is 2. The molecule has 1 aliphatic carbocycles. The van der Waals surface area contributed by atoms with Gasteiger partial charge in [0.25, 0.3) is 5.91 Å². The van der Waals surface area contributed by atoms with Crippen molar-refractivity contribution in [3.05, 3.63) is 4.88 Å². The first-order valence-corrected chi connectivity index (χ1v) is 7.76. The first-order chi connectivity index (χ1) is 9.13. The number of nitrogens with zero attached hydrogens (tertiary/aromatic N) is 1. The van der Waals surface area contributed by atoms with E-state index < -0.39 is 0 Å². The fourth-order valence-electron chi connectivity index (χ4n) is 1.85. The number of carbonyl (C=O) groups excluding carboxylic acids is 1. The summed E-state index contributed by atoms with van der Waals surface area (Å²) in [5, 5.41) is 6.97. The molecule has 106 valence electrons. The summed E-state index contributed by atoms with van der Waals surface area (Å²) in [7, 11) is 0. The fourth-order valence-corrected chi connectivity index (χ4v) is 2.73. The van der Waals surface area contributed by atoms with Crippen LogP contribution in [0.5, 0.6) is 0 Å². The van der Waals surface area contributed by atoms with Gasteiger partial charge in [-0.2, -0.15) is 0 Å². The highest BCUT2D eigenvalue weighted by atomic mass is 32.1. The van der Waals surface area contributed by atoms with Gasteiger partial charge in [0.15, 0.2) is 5.13 Å². The van der Waals surface area contributed by atoms with Crippen molar-refractivity contribution in [3.63, 3.8) is 0 Å². The Morgan fingerprint density at radius 3 is 2.74 bits per heavy atom. The predicted molar refractivity (Wildman–Crippen MR) is 79.6 cm³/mol. The van der Waals surface area contributed by atoms with Gasteiger partial charge in [0.05, 0.1) is 0 Å². The van der Waals surface area contributed by atoms with E-state index in [1.54, 1.807) is 0 Å². The molecule has 0 spiro atoms. The SMILES string of the molecule is CCC(CC)CNC(=O)c1sc(NC2CC2)nc1N. The van der Waals surface area contributed by atoms with Gasteiger partial charge in [0, 0.05) is 12.6 Å². The second-order valence-electron chi connectivity index (χ2n) is 5.04. The van der Waals surface area contributed by atoms with Crippen LogP contribution in [0.1, 0.15) is 49.2 Å². The zero-order valence-corrected chi connectivity index (χ0v) is 12.3. The molecular formula is C13H22N4OS. The Balaban J connectivity index is 1.92. The summed E-state index contributed by atoms with van der Waals surface area (Å²) >= 11 is 1.34. The highest BCUT2D eigenvalue weighted by Crippen LogP contribution is 2.30. The Labute approximate surface area is 118 Å². The van der Waals surface area contributed by atoms with Crippen molar-refractivity contribution in [2.45, 2.75) is 45.6 Å². The van der Waals surface area contributed by atoms with E-state index in [1.165, 1.54) is 24.2 Å². The van der Waals surface area contributed by atoms with Gasteiger partial charge in [-0.1, -0.05) is 38.0 Å². The Bertz CT molecular complexity index is 438. The van der Waals surface area contributed by atoms with Crippen molar-refractivity contribution in [1.82, 2.24) is 10.3 Å². The molecule has 0 radical (unpaired) electrons. The minimum Gasteiger partial charge on any atom is -0.382 e. The maximum atomic E-state index is 12.1. The molecule has 1 amide bonds. The van der Waals surface area contributed by atoms with Crippen LogP contribution in [0.15, 0.2) is 0 Å². The molecule has 0 saturated heterocycles. The summed E-state index contributed by atoms with van der Waals surface area (Å²) in [5.41, 5.74) is 5.81. The van der Waals surface area contributed by atoms with Crippen molar-refractivity contribution in [3.8, 4) is 0 Å². The molecule has 1 aromatic rings. The van der Waals surface area contributed by atoms with Gasteiger partial charge < -0.3 is 16.4 Å². The van der Waals surface area contributed by atoms with E-state index in [-0.39, 0.29) is 5.91 Å². The average Bonchev–Trinajstić information content (AvgIpc) is 3.12. The van der Waals surface area contributed by atoms with E-state index in [4.69, 9.17) is 5.73 Å². The van der Waals surface area contributed by atoms with Gasteiger partial charge in [0.1, 0.15) is 10.7 Å². The quantitative estimate of drug-likeness (QED) is 0.717. The smallest absolute Gasteiger partial charge is 0.265 e. The number of amides is 1. The maximum absolute atomic E-state index is 12.1. The van der Waals surface area contributed by atoms with Crippen LogP contribution in [-0.4, -0.2) is 23.5 Å². The minimum absolute atomic E-state index is 0.106. The summed E-state index contributed by atoms with van der Waals surface area (Å²) in [5.74, 6) is 0.753. The molecule has 0 unspecified atom stereocenters. The molecule has 0 atom stereocenters. The van der Waals surface area contributed by atoms with Crippen LogP contribution in [0.2, 0.25) is 0 Å². The molecule has 2 rings (SSSR count). The lowest BCUT2D eigenvalue weighted by atomic mass is 10.0. The molecule has 1 aromatic heterocycles. The number of hydrogen-bond donors (Lipinski definition) is 3. The Morgan fingerprint density at radius 2 is 2.16 bits per heavy atom. The number of thiazole rings is 1. The lowest BCUT2D eigenvalue weighted by molar-refractivity contribution is 0.0951. The van der Waals surface area contributed by atoms with Gasteiger partial charge >= 0.3 is 0 Å². The number of nitrogen functional groups attached to an aromatic ring is 1. The molecule has 0 bridgehead atoms. The van der Waals surface area contributed by atoms with Crippen molar-refractivity contribution in [1.29, 1.82) is 0 Å². The van der Waals surface area contributed by atoms with Gasteiger partial charge in [-0.3, -0.25) is 4.79 Å². The largest absolute Gasteiger partial charge is 0.382 e. The third-order valence-electron chi connectivity index (χ3n) is 3.47. The third-order valence-corrected chi connectivity index (χ3v) is 4.47. The molecule has 1 fully saturated rings. The molecule has 1 saturated carbocycles. The molecule has 0 aromatic carbocycles. The van der Waals surface area contributed by atoms with Crippen LogP contribution in [-0.2, 0) is 0 Å². The maximum Gasteiger partial charge on any atom is 0.265 e. The predicted octanol–water partition coefficient (Wildman–Crippen LogP) is 2.47. The van der Waals surface area contributed by atoms with Gasteiger partial charge in [-0.25, -0.2) is 4.98 Å². The molecule has 0 aliphatic heterocycles. The van der Waals surface area contributed by atoms with Gasteiger partial charge in [0.2, 0.25) is 0 Å². The second-order valence-corrected chi connectivity index (χ2v) is 6.04. The Hall–Kier alpha value is -1.30. The average molecular weight is 282 g/mol. The lowest BCUT2D eigenvalue weighted by Gasteiger charge is -2.12. The molecular weight excluding hydrogens is 260 g/mol. The van der Waals surface area contributed by atoms with Crippen LogP contribution in [0.4, 0.5) is 10.9 Å². The van der Waals surface area contributed by atoms with Crippen molar-refractivity contribution in [2.24, 2.45) is 5.92 Å². The molecule has 1 heterocycles. The van der Waals surface area contributed by atoms with Crippen molar-refractivity contribution in [2.75, 3.05) is 17.6 Å². The van der Waals surface area contributed by atoms with E-state index in [1.807, 2.05) is 0 Å². The molecule has 5 nitrogen and oxygen atoms in total. The summed E-state index contributed by atoms with van der Waals surface area (Å²) < 4.78 is 0. The third kappa shape index (κ3) is 3.83. The standard InChI is InChI=1S/C13H22N4OS/c1-3-8(4-2)7-15-12(18)10-11(14)17-13(19-10)16-9-5-6-9/h8-9H,3-7,14H2,1-2H3,(H,15,18)(H,16,17). The topological polar surface area (TPSA) is 80.0 Å². The number of hydrogen-bond acceptors (Lipinski definition) is 5. The van der Waals surface area contributed by atoms with Crippen molar-refractivity contribution < 1.29 is 4.79 Å². The lowest BCUT2D eigenvalue weighted by Crippen LogP contribution is -2.28. The molecule has 6 heteroatoms. The summed E-state index contributed by atoms with van der Waals surface area (Å²) in [4.78, 5) is 16.8. The Morgan fingerprint density at radius 1 is 1.47 bits per heavy atom. The summed E-state index contributed by atoms with van der Waals surface area (Å²) in [6.07, 6.45) is 4.50. The minimum atomic E-state index is -0.106. The number of anilines is 2. The molecule has 19 heavy (non-hydrogen) atoms. The number of aromatic nitrogens is 1. The first-order valence-electron chi connectivity index (χ1n) is 6.95. The van der Waals surface area contributed by atoms with Gasteiger partial charge in [-0.05, 0) is 18.8 Å². The van der Waals surface area contributed by atoms with Crippen molar-refractivity contribution >= 4 is 28.2 Å². The number of carbonyl (C=O) groups is 1. The van der Waals surface area contributed by atoms with E-state index in [0.717, 1.165) is 18.0 Å². The molecule has 1 aliphatic rings. The van der Waals surface area contributed by atoms with Gasteiger partial charge in [-0.15, -0.1) is 0 Å².